The summed E-state index contributed by atoms with van der Waals surface area (Å²) < 4.78 is 19.4. The fourth-order valence-electron chi connectivity index (χ4n) is 2.72. The van der Waals surface area contributed by atoms with Gasteiger partial charge in [0.1, 0.15) is 5.82 Å². The Hall–Kier alpha value is -3.61. The van der Waals surface area contributed by atoms with Gasteiger partial charge in [-0.15, -0.1) is 0 Å². The first kappa shape index (κ1) is 15.9. The van der Waals surface area contributed by atoms with Crippen LogP contribution in [0.4, 0.5) is 10.1 Å². The summed E-state index contributed by atoms with van der Waals surface area (Å²) in [6, 6.07) is 11.2. The third kappa shape index (κ3) is 2.79. The largest absolute Gasteiger partial charge is 0.335 e. The summed E-state index contributed by atoms with van der Waals surface area (Å²) in [7, 11) is 0. The minimum absolute atomic E-state index is 0.180. The molecule has 3 heterocycles. The summed E-state index contributed by atoms with van der Waals surface area (Å²) in [5.74, 6) is -0.816. The van der Waals surface area contributed by atoms with Gasteiger partial charge in [-0.1, -0.05) is 17.3 Å². The molecule has 26 heavy (non-hydrogen) atoms. The van der Waals surface area contributed by atoms with Crippen LogP contribution in [0.1, 0.15) is 16.1 Å². The summed E-state index contributed by atoms with van der Waals surface area (Å²) in [6.07, 6.45) is 3.15. The van der Waals surface area contributed by atoms with Gasteiger partial charge >= 0.3 is 0 Å². The van der Waals surface area contributed by atoms with Crippen LogP contribution in [0.3, 0.4) is 0 Å². The van der Waals surface area contributed by atoms with Crippen LogP contribution in [0.2, 0.25) is 0 Å². The monoisotopic (exact) mass is 348 g/mol. The number of anilines is 1. The average molecular weight is 348 g/mol. The molecule has 4 aromatic rings. The van der Waals surface area contributed by atoms with E-state index in [1.807, 2.05) is 0 Å². The van der Waals surface area contributed by atoms with E-state index < -0.39 is 5.82 Å². The lowest BCUT2D eigenvalue weighted by atomic mass is 10.0. The molecule has 0 unspecified atom stereocenters. The maximum atomic E-state index is 14.2. The lowest BCUT2D eigenvalue weighted by molar-refractivity contribution is 0.102. The second-order valence-corrected chi connectivity index (χ2v) is 5.68. The normalized spacial score (nSPS) is 10.8. The van der Waals surface area contributed by atoms with Crippen molar-refractivity contribution >= 4 is 22.7 Å². The number of pyridine rings is 2. The molecule has 7 heteroatoms. The fraction of sp³-hybridized carbons (Fsp3) is 0.0526. The Kier molecular flexibility index (Phi) is 3.89. The average Bonchev–Trinajstić information content (AvgIpc) is 3.03. The number of aromatic nitrogens is 3. The van der Waals surface area contributed by atoms with Crippen LogP contribution in [0.25, 0.3) is 22.4 Å². The highest BCUT2D eigenvalue weighted by Gasteiger charge is 2.20. The zero-order chi connectivity index (χ0) is 18.1. The molecule has 0 radical (unpaired) electrons. The zero-order valence-electron chi connectivity index (χ0n) is 13.7. The SMILES string of the molecule is Cc1noc2nc(-c3ccccc3F)cc(C(=O)Nc3cccnc3)c12. The first-order valence-corrected chi connectivity index (χ1v) is 7.87. The zero-order valence-corrected chi connectivity index (χ0v) is 13.7. The van der Waals surface area contributed by atoms with E-state index in [2.05, 4.69) is 20.4 Å². The maximum Gasteiger partial charge on any atom is 0.259 e. The van der Waals surface area contributed by atoms with Gasteiger partial charge in [-0.05, 0) is 37.3 Å². The topological polar surface area (TPSA) is 80.9 Å². The Morgan fingerprint density at radius 2 is 2.04 bits per heavy atom. The number of nitrogens with zero attached hydrogens (tertiary/aromatic N) is 3. The van der Waals surface area contributed by atoms with Crippen LogP contribution in [0.5, 0.6) is 0 Å². The van der Waals surface area contributed by atoms with Crippen molar-refractivity contribution in [1.29, 1.82) is 0 Å². The first-order chi connectivity index (χ1) is 12.6. The number of hydrogen-bond donors (Lipinski definition) is 1. The summed E-state index contributed by atoms with van der Waals surface area (Å²) in [4.78, 5) is 21.1. The van der Waals surface area contributed by atoms with Crippen molar-refractivity contribution < 1.29 is 13.7 Å². The number of carbonyl (C=O) groups excluding carboxylic acids is 1. The van der Waals surface area contributed by atoms with Crippen LogP contribution in [-0.2, 0) is 0 Å². The molecule has 0 bridgehead atoms. The van der Waals surface area contributed by atoms with E-state index in [9.17, 15) is 9.18 Å². The van der Waals surface area contributed by atoms with E-state index in [0.29, 0.717) is 28.0 Å². The van der Waals surface area contributed by atoms with Crippen molar-refractivity contribution in [2.24, 2.45) is 0 Å². The molecule has 0 saturated carbocycles. The van der Waals surface area contributed by atoms with Gasteiger partial charge in [0.15, 0.2) is 0 Å². The van der Waals surface area contributed by atoms with Gasteiger partial charge in [0.05, 0.1) is 34.2 Å². The Morgan fingerprint density at radius 3 is 2.81 bits per heavy atom. The highest BCUT2D eigenvalue weighted by atomic mass is 19.1. The summed E-state index contributed by atoms with van der Waals surface area (Å²) in [5, 5.41) is 7.14. The van der Waals surface area contributed by atoms with Gasteiger partial charge < -0.3 is 9.84 Å². The van der Waals surface area contributed by atoms with Crippen LogP contribution in [0, 0.1) is 12.7 Å². The van der Waals surface area contributed by atoms with E-state index in [1.165, 1.54) is 18.3 Å². The van der Waals surface area contributed by atoms with E-state index in [-0.39, 0.29) is 17.2 Å². The Balaban J connectivity index is 1.86. The second-order valence-electron chi connectivity index (χ2n) is 5.68. The molecular formula is C19H13FN4O2. The predicted octanol–water partition coefficient (Wildman–Crippen LogP) is 3.98. The van der Waals surface area contributed by atoms with Gasteiger partial charge in [-0.2, -0.15) is 0 Å². The molecule has 1 N–H and O–H groups in total. The number of halogens is 1. The Bertz CT molecular complexity index is 1110. The van der Waals surface area contributed by atoms with E-state index in [4.69, 9.17) is 4.52 Å². The van der Waals surface area contributed by atoms with Gasteiger partial charge in [-0.25, -0.2) is 9.37 Å². The summed E-state index contributed by atoms with van der Waals surface area (Å²) in [6.45, 7) is 1.72. The first-order valence-electron chi connectivity index (χ1n) is 7.87. The molecular weight excluding hydrogens is 335 g/mol. The molecule has 0 atom stereocenters. The Labute approximate surface area is 147 Å². The standard InChI is InChI=1S/C19H13FN4O2/c1-11-17-14(18(25)22-12-5-4-8-21-10-12)9-16(23-19(17)26-24-11)13-6-2-3-7-15(13)20/h2-10H,1H3,(H,22,25). The van der Waals surface area contributed by atoms with Gasteiger partial charge in [0.2, 0.25) is 0 Å². The van der Waals surface area contributed by atoms with Crippen LogP contribution in [-0.4, -0.2) is 21.0 Å². The minimum atomic E-state index is -0.436. The van der Waals surface area contributed by atoms with Crippen molar-refractivity contribution in [2.45, 2.75) is 6.92 Å². The van der Waals surface area contributed by atoms with Crippen molar-refractivity contribution in [1.82, 2.24) is 15.1 Å². The number of rotatable bonds is 3. The van der Waals surface area contributed by atoms with Crippen LogP contribution in [0.15, 0.2) is 59.4 Å². The van der Waals surface area contributed by atoms with Crippen molar-refractivity contribution in [2.75, 3.05) is 5.32 Å². The fourth-order valence-corrected chi connectivity index (χ4v) is 2.72. The number of amides is 1. The smallest absolute Gasteiger partial charge is 0.259 e. The molecule has 0 fully saturated rings. The summed E-state index contributed by atoms with van der Waals surface area (Å²) >= 11 is 0. The number of nitrogens with one attached hydrogen (secondary N) is 1. The van der Waals surface area contributed by atoms with Crippen molar-refractivity contribution in [3.8, 4) is 11.3 Å². The third-order valence-electron chi connectivity index (χ3n) is 3.93. The molecule has 0 spiro atoms. The number of carbonyl (C=O) groups is 1. The molecule has 4 rings (SSSR count). The highest BCUT2D eigenvalue weighted by molar-refractivity contribution is 6.12. The van der Waals surface area contributed by atoms with Crippen LogP contribution >= 0.6 is 0 Å². The number of fused-ring (bicyclic) bond motifs is 1. The quantitative estimate of drug-likeness (QED) is 0.605. The summed E-state index contributed by atoms with van der Waals surface area (Å²) in [5.41, 5.74) is 2.13. The lowest BCUT2D eigenvalue weighted by Gasteiger charge is -2.08. The van der Waals surface area contributed by atoms with E-state index >= 15 is 0 Å². The molecule has 1 aromatic carbocycles. The van der Waals surface area contributed by atoms with Gasteiger partial charge in [0, 0.05) is 11.8 Å². The lowest BCUT2D eigenvalue weighted by Crippen LogP contribution is -2.13. The number of benzene rings is 1. The molecule has 128 valence electrons. The molecule has 3 aromatic heterocycles. The molecule has 0 aliphatic rings. The van der Waals surface area contributed by atoms with Gasteiger partial charge in [-0.3, -0.25) is 9.78 Å². The van der Waals surface area contributed by atoms with Crippen LogP contribution < -0.4 is 5.32 Å². The molecule has 6 nitrogen and oxygen atoms in total. The molecule has 0 aliphatic carbocycles. The maximum absolute atomic E-state index is 14.2. The van der Waals surface area contributed by atoms with Crippen molar-refractivity contribution in [3.05, 3.63) is 71.9 Å². The van der Waals surface area contributed by atoms with E-state index in [1.54, 1.807) is 43.5 Å². The minimum Gasteiger partial charge on any atom is -0.335 e. The number of aryl methyl sites for hydroxylation is 1. The second kappa shape index (κ2) is 6.36. The number of hydrogen-bond acceptors (Lipinski definition) is 5. The Morgan fingerprint density at radius 1 is 1.19 bits per heavy atom. The van der Waals surface area contributed by atoms with Crippen molar-refractivity contribution in [3.63, 3.8) is 0 Å². The van der Waals surface area contributed by atoms with E-state index in [0.717, 1.165) is 0 Å². The highest BCUT2D eigenvalue weighted by Crippen LogP contribution is 2.28. The third-order valence-corrected chi connectivity index (χ3v) is 3.93. The molecule has 1 amide bonds. The molecule has 0 saturated heterocycles. The van der Waals surface area contributed by atoms with Gasteiger partial charge in [0.25, 0.3) is 11.6 Å². The predicted molar refractivity (Wildman–Crippen MR) is 94.1 cm³/mol. The molecule has 0 aliphatic heterocycles.